The minimum Gasteiger partial charge on any atom is -0.294 e. The molecule has 0 saturated heterocycles. The van der Waals surface area contributed by atoms with Crippen LogP contribution in [0.4, 0.5) is 0 Å². The molecule has 0 bridgehead atoms. The standard InChI is InChI=1S/C18H22O/c1-3-5-7-9-12-16-13-10-11-14-17(16)18(19)15-8-6-4-2/h4,10-11,13-14H,2-3,5-8,15H2,1H3. The first-order valence-electron chi connectivity index (χ1n) is 7.01. The average Bonchev–Trinajstić information content (AvgIpc) is 2.44. The van der Waals surface area contributed by atoms with E-state index in [0.29, 0.717) is 6.42 Å². The van der Waals surface area contributed by atoms with Crippen LogP contribution in [0, 0.1) is 11.8 Å². The summed E-state index contributed by atoms with van der Waals surface area (Å²) in [5.74, 6) is 6.46. The summed E-state index contributed by atoms with van der Waals surface area (Å²) >= 11 is 0. The maximum atomic E-state index is 12.1. The average molecular weight is 254 g/mol. The first-order valence-corrected chi connectivity index (χ1v) is 7.01. The molecular weight excluding hydrogens is 232 g/mol. The van der Waals surface area contributed by atoms with Crippen LogP contribution in [0.5, 0.6) is 0 Å². The van der Waals surface area contributed by atoms with Gasteiger partial charge in [-0.3, -0.25) is 4.79 Å². The van der Waals surface area contributed by atoms with Crippen molar-refractivity contribution in [2.75, 3.05) is 0 Å². The molecule has 1 rings (SSSR count). The van der Waals surface area contributed by atoms with Crippen LogP contribution >= 0.6 is 0 Å². The Hall–Kier alpha value is -1.81. The van der Waals surface area contributed by atoms with Crippen LogP contribution in [0.1, 0.15) is 61.4 Å². The van der Waals surface area contributed by atoms with E-state index in [4.69, 9.17) is 0 Å². The van der Waals surface area contributed by atoms with E-state index in [2.05, 4.69) is 25.3 Å². The molecule has 0 unspecified atom stereocenters. The van der Waals surface area contributed by atoms with Crippen molar-refractivity contribution >= 4 is 5.78 Å². The molecule has 0 atom stereocenters. The quantitative estimate of drug-likeness (QED) is 0.296. The zero-order chi connectivity index (χ0) is 13.9. The second kappa shape index (κ2) is 9.16. The molecule has 0 fully saturated rings. The number of allylic oxidation sites excluding steroid dienone is 1. The van der Waals surface area contributed by atoms with E-state index in [1.165, 1.54) is 0 Å². The van der Waals surface area contributed by atoms with Gasteiger partial charge in [-0.05, 0) is 25.3 Å². The van der Waals surface area contributed by atoms with Crippen LogP contribution in [0.2, 0.25) is 0 Å². The number of carbonyl (C=O) groups excluding carboxylic acids is 1. The van der Waals surface area contributed by atoms with E-state index in [-0.39, 0.29) is 5.78 Å². The fourth-order valence-electron chi connectivity index (χ4n) is 1.80. The molecule has 0 aliphatic rings. The fraction of sp³-hybridized carbons (Fsp3) is 0.389. The third kappa shape index (κ3) is 5.57. The molecule has 100 valence electrons. The van der Waals surface area contributed by atoms with Crippen molar-refractivity contribution in [3.63, 3.8) is 0 Å². The maximum Gasteiger partial charge on any atom is 0.164 e. The van der Waals surface area contributed by atoms with Gasteiger partial charge in [0.25, 0.3) is 0 Å². The lowest BCUT2D eigenvalue weighted by Crippen LogP contribution is -2.01. The molecule has 1 heteroatoms. The van der Waals surface area contributed by atoms with Crippen molar-refractivity contribution in [1.82, 2.24) is 0 Å². The van der Waals surface area contributed by atoms with Crippen molar-refractivity contribution < 1.29 is 4.79 Å². The zero-order valence-electron chi connectivity index (χ0n) is 11.7. The molecule has 0 spiro atoms. The highest BCUT2D eigenvalue weighted by Crippen LogP contribution is 2.12. The van der Waals surface area contributed by atoms with Gasteiger partial charge < -0.3 is 0 Å². The highest BCUT2D eigenvalue weighted by molar-refractivity contribution is 5.98. The van der Waals surface area contributed by atoms with E-state index in [1.54, 1.807) is 0 Å². The van der Waals surface area contributed by atoms with E-state index >= 15 is 0 Å². The highest BCUT2D eigenvalue weighted by Gasteiger charge is 2.08. The summed E-state index contributed by atoms with van der Waals surface area (Å²) in [7, 11) is 0. The van der Waals surface area contributed by atoms with Gasteiger partial charge in [-0.1, -0.05) is 49.5 Å². The van der Waals surface area contributed by atoms with Crippen LogP contribution in [0.25, 0.3) is 0 Å². The lowest BCUT2D eigenvalue weighted by Gasteiger charge is -2.03. The third-order valence-corrected chi connectivity index (χ3v) is 2.92. The van der Waals surface area contributed by atoms with Gasteiger partial charge >= 0.3 is 0 Å². The number of hydrogen-bond acceptors (Lipinski definition) is 1. The van der Waals surface area contributed by atoms with E-state index < -0.39 is 0 Å². The summed E-state index contributed by atoms with van der Waals surface area (Å²) in [5.41, 5.74) is 1.62. The van der Waals surface area contributed by atoms with Gasteiger partial charge in [0, 0.05) is 24.0 Å². The van der Waals surface area contributed by atoms with Gasteiger partial charge in [0.1, 0.15) is 0 Å². The Morgan fingerprint density at radius 1 is 1.32 bits per heavy atom. The Balaban J connectivity index is 2.73. The van der Waals surface area contributed by atoms with Crippen LogP contribution in [-0.4, -0.2) is 5.78 Å². The summed E-state index contributed by atoms with van der Waals surface area (Å²) < 4.78 is 0. The van der Waals surface area contributed by atoms with Crippen LogP contribution in [-0.2, 0) is 0 Å². The molecule has 0 amide bonds. The van der Waals surface area contributed by atoms with E-state index in [1.807, 2.05) is 30.3 Å². The van der Waals surface area contributed by atoms with E-state index in [9.17, 15) is 4.79 Å². The number of unbranched alkanes of at least 4 members (excludes halogenated alkanes) is 3. The van der Waals surface area contributed by atoms with Crippen LogP contribution in [0.3, 0.4) is 0 Å². The molecule has 0 heterocycles. The monoisotopic (exact) mass is 254 g/mol. The summed E-state index contributed by atoms with van der Waals surface area (Å²) in [5, 5.41) is 0. The van der Waals surface area contributed by atoms with Crippen molar-refractivity contribution in [2.45, 2.75) is 45.4 Å². The SMILES string of the molecule is C=CCCCC(=O)c1ccccc1C#CCCCC. The molecule has 1 aromatic rings. The minimum absolute atomic E-state index is 0.183. The first-order chi connectivity index (χ1) is 9.29. The number of hydrogen-bond donors (Lipinski definition) is 0. The van der Waals surface area contributed by atoms with Crippen LogP contribution < -0.4 is 0 Å². The second-order valence-electron chi connectivity index (χ2n) is 4.55. The maximum absolute atomic E-state index is 12.1. The normalized spacial score (nSPS) is 9.53. The van der Waals surface area contributed by atoms with Gasteiger partial charge in [0.05, 0.1) is 0 Å². The smallest absolute Gasteiger partial charge is 0.164 e. The molecule has 1 aromatic carbocycles. The van der Waals surface area contributed by atoms with Gasteiger partial charge in [-0.2, -0.15) is 0 Å². The molecule has 0 radical (unpaired) electrons. The molecule has 0 aliphatic heterocycles. The Labute approximate surface area is 116 Å². The second-order valence-corrected chi connectivity index (χ2v) is 4.55. The van der Waals surface area contributed by atoms with Crippen LogP contribution in [0.15, 0.2) is 36.9 Å². The number of benzene rings is 1. The summed E-state index contributed by atoms with van der Waals surface area (Å²) in [6.45, 7) is 5.82. The van der Waals surface area contributed by atoms with Crippen molar-refractivity contribution in [3.8, 4) is 11.8 Å². The van der Waals surface area contributed by atoms with Gasteiger partial charge in [-0.25, -0.2) is 0 Å². The topological polar surface area (TPSA) is 17.1 Å². The Kier molecular flexibility index (Phi) is 7.35. The largest absolute Gasteiger partial charge is 0.294 e. The Morgan fingerprint density at radius 3 is 2.84 bits per heavy atom. The van der Waals surface area contributed by atoms with Crippen molar-refractivity contribution in [2.24, 2.45) is 0 Å². The van der Waals surface area contributed by atoms with Crippen molar-refractivity contribution in [1.29, 1.82) is 0 Å². The zero-order valence-corrected chi connectivity index (χ0v) is 11.7. The summed E-state index contributed by atoms with van der Waals surface area (Å²) in [6.07, 6.45) is 7.33. The van der Waals surface area contributed by atoms with Gasteiger partial charge in [0.2, 0.25) is 0 Å². The summed E-state index contributed by atoms with van der Waals surface area (Å²) in [4.78, 5) is 12.1. The Bertz CT molecular complexity index is 474. The van der Waals surface area contributed by atoms with E-state index in [0.717, 1.165) is 43.2 Å². The fourth-order valence-corrected chi connectivity index (χ4v) is 1.80. The first kappa shape index (κ1) is 15.2. The third-order valence-electron chi connectivity index (χ3n) is 2.92. The number of ketones is 1. The number of Topliss-reactive ketones (excluding diaryl/α,β-unsaturated/α-hetero) is 1. The molecule has 0 aromatic heterocycles. The molecule has 0 N–H and O–H groups in total. The van der Waals surface area contributed by atoms with Gasteiger partial charge in [0.15, 0.2) is 5.78 Å². The summed E-state index contributed by atoms with van der Waals surface area (Å²) in [6, 6.07) is 7.64. The molecule has 0 aliphatic carbocycles. The molecular formula is C18H22O. The van der Waals surface area contributed by atoms with Gasteiger partial charge in [-0.15, -0.1) is 6.58 Å². The minimum atomic E-state index is 0.183. The Morgan fingerprint density at radius 2 is 2.11 bits per heavy atom. The highest BCUT2D eigenvalue weighted by atomic mass is 16.1. The molecule has 0 saturated carbocycles. The predicted molar refractivity (Wildman–Crippen MR) is 81.2 cm³/mol. The molecule has 1 nitrogen and oxygen atoms in total. The number of carbonyl (C=O) groups is 1. The molecule has 19 heavy (non-hydrogen) atoms. The number of rotatable bonds is 7. The lowest BCUT2D eigenvalue weighted by molar-refractivity contribution is 0.0980. The van der Waals surface area contributed by atoms with Crippen molar-refractivity contribution in [3.05, 3.63) is 48.0 Å². The lowest BCUT2D eigenvalue weighted by atomic mass is 10.00. The predicted octanol–water partition coefficient (Wildman–Crippen LogP) is 4.77.